The lowest BCUT2D eigenvalue weighted by molar-refractivity contribution is 0.348. The fourth-order valence-electron chi connectivity index (χ4n) is 1.18. The van der Waals surface area contributed by atoms with E-state index in [2.05, 4.69) is 25.8 Å². The molecule has 1 aromatic heterocycles. The van der Waals surface area contributed by atoms with Gasteiger partial charge in [0, 0.05) is 11.3 Å². The molecule has 2 unspecified atom stereocenters. The third kappa shape index (κ3) is 3.68. The van der Waals surface area contributed by atoms with Gasteiger partial charge in [0.1, 0.15) is 4.60 Å². The van der Waals surface area contributed by atoms with Crippen LogP contribution in [0.25, 0.3) is 0 Å². The Morgan fingerprint density at radius 2 is 2.25 bits per heavy atom. The molecule has 3 atom stereocenters. The molecule has 1 aromatic rings. The first-order valence-electron chi connectivity index (χ1n) is 5.37. The molecule has 0 spiro atoms. The zero-order chi connectivity index (χ0) is 12.1. The number of rotatable bonds is 6. The van der Waals surface area contributed by atoms with Crippen molar-refractivity contribution in [2.45, 2.75) is 44.9 Å². The maximum absolute atomic E-state index is 11.8. The lowest BCUT2D eigenvalue weighted by Crippen LogP contribution is -2.29. The fraction of sp³-hybridized carbons (Fsp3) is 0.700. The Kier molecular flexibility index (Phi) is 5.64. The lowest BCUT2D eigenvalue weighted by atomic mass is 10.2. The van der Waals surface area contributed by atoms with Crippen LogP contribution in [0.15, 0.2) is 15.2 Å². The Labute approximate surface area is 107 Å². The first-order valence-corrected chi connectivity index (χ1v) is 7.37. The standard InChI is InChI=1S/C10H17BrN2O2S/c1-4-7(3)16(14)13-8(5-2)9-6-10(11)12-15-9/h6-8,13H,4-5H2,1-3H3/t7?,8-,16?/m1/s1. The summed E-state index contributed by atoms with van der Waals surface area (Å²) < 4.78 is 20.7. The van der Waals surface area contributed by atoms with E-state index in [1.165, 1.54) is 0 Å². The average Bonchev–Trinajstić information content (AvgIpc) is 2.71. The summed E-state index contributed by atoms with van der Waals surface area (Å²) in [6.45, 7) is 6.00. The highest BCUT2D eigenvalue weighted by Crippen LogP contribution is 2.21. The van der Waals surface area contributed by atoms with E-state index in [0.29, 0.717) is 10.4 Å². The van der Waals surface area contributed by atoms with Crippen LogP contribution in [-0.2, 0) is 11.0 Å². The molecule has 0 fully saturated rings. The number of nitrogens with one attached hydrogen (secondary N) is 1. The van der Waals surface area contributed by atoms with Crippen LogP contribution in [0.2, 0.25) is 0 Å². The molecule has 0 saturated carbocycles. The van der Waals surface area contributed by atoms with Crippen LogP contribution in [0.1, 0.15) is 45.4 Å². The summed E-state index contributed by atoms with van der Waals surface area (Å²) in [7, 11) is -1.04. The summed E-state index contributed by atoms with van der Waals surface area (Å²) in [5.74, 6) is 0.714. The molecule has 0 bridgehead atoms. The maximum Gasteiger partial charge on any atom is 0.155 e. The normalized spacial score (nSPS) is 17.0. The molecule has 1 rings (SSSR count). The van der Waals surface area contributed by atoms with Crippen molar-refractivity contribution in [2.24, 2.45) is 0 Å². The molecule has 92 valence electrons. The Morgan fingerprint density at radius 3 is 2.69 bits per heavy atom. The SMILES string of the molecule is CCC(C)S(=O)N[C@H](CC)c1cc(Br)no1. The molecule has 0 saturated heterocycles. The van der Waals surface area contributed by atoms with Crippen LogP contribution < -0.4 is 4.72 Å². The Bertz CT molecular complexity index is 356. The van der Waals surface area contributed by atoms with Gasteiger partial charge in [-0.1, -0.05) is 19.0 Å². The van der Waals surface area contributed by atoms with Gasteiger partial charge in [0.2, 0.25) is 0 Å². The highest BCUT2D eigenvalue weighted by molar-refractivity contribution is 9.10. The van der Waals surface area contributed by atoms with Gasteiger partial charge < -0.3 is 4.52 Å². The Balaban J connectivity index is 2.66. The van der Waals surface area contributed by atoms with Crippen molar-refractivity contribution < 1.29 is 8.73 Å². The molecule has 4 nitrogen and oxygen atoms in total. The molecular weight excluding hydrogens is 292 g/mol. The van der Waals surface area contributed by atoms with Crippen molar-refractivity contribution in [3.8, 4) is 0 Å². The van der Waals surface area contributed by atoms with Crippen LogP contribution >= 0.6 is 15.9 Å². The molecule has 0 aliphatic carbocycles. The number of hydrogen-bond donors (Lipinski definition) is 1. The van der Waals surface area contributed by atoms with E-state index in [4.69, 9.17) is 4.52 Å². The van der Waals surface area contributed by atoms with E-state index in [0.717, 1.165) is 12.8 Å². The van der Waals surface area contributed by atoms with Crippen molar-refractivity contribution in [1.82, 2.24) is 9.88 Å². The van der Waals surface area contributed by atoms with Crippen LogP contribution in [0.3, 0.4) is 0 Å². The molecule has 0 aromatic carbocycles. The van der Waals surface area contributed by atoms with Crippen LogP contribution in [0.5, 0.6) is 0 Å². The molecule has 16 heavy (non-hydrogen) atoms. The molecule has 0 aliphatic heterocycles. The summed E-state index contributed by atoms with van der Waals surface area (Å²) >= 11 is 3.23. The summed E-state index contributed by atoms with van der Waals surface area (Å²) in [6.07, 6.45) is 1.69. The van der Waals surface area contributed by atoms with Crippen LogP contribution in [-0.4, -0.2) is 14.6 Å². The summed E-state index contributed by atoms with van der Waals surface area (Å²) in [5.41, 5.74) is 0. The average molecular weight is 309 g/mol. The maximum atomic E-state index is 11.8. The number of nitrogens with zero attached hydrogens (tertiary/aromatic N) is 1. The quantitative estimate of drug-likeness (QED) is 0.879. The van der Waals surface area contributed by atoms with Gasteiger partial charge in [-0.3, -0.25) is 0 Å². The van der Waals surface area contributed by atoms with Gasteiger partial charge in [-0.05, 0) is 35.7 Å². The van der Waals surface area contributed by atoms with E-state index in [1.807, 2.05) is 20.8 Å². The fourth-order valence-corrected chi connectivity index (χ4v) is 2.58. The highest BCUT2D eigenvalue weighted by atomic mass is 79.9. The topological polar surface area (TPSA) is 55.1 Å². The number of aromatic nitrogens is 1. The van der Waals surface area contributed by atoms with Gasteiger partial charge in [0.15, 0.2) is 5.76 Å². The largest absolute Gasteiger partial charge is 0.359 e. The first-order chi connectivity index (χ1) is 7.58. The van der Waals surface area contributed by atoms with E-state index in [9.17, 15) is 4.21 Å². The predicted octanol–water partition coefficient (Wildman–Crippen LogP) is 2.94. The second kappa shape index (κ2) is 6.51. The first kappa shape index (κ1) is 13.9. The summed E-state index contributed by atoms with van der Waals surface area (Å²) in [4.78, 5) is 0. The van der Waals surface area contributed by atoms with Crippen molar-refractivity contribution >= 4 is 26.9 Å². The Morgan fingerprint density at radius 1 is 1.56 bits per heavy atom. The monoisotopic (exact) mass is 308 g/mol. The third-order valence-electron chi connectivity index (χ3n) is 2.45. The van der Waals surface area contributed by atoms with Gasteiger partial charge in [-0.2, -0.15) is 0 Å². The van der Waals surface area contributed by atoms with Gasteiger partial charge >= 0.3 is 0 Å². The molecule has 1 N–H and O–H groups in total. The highest BCUT2D eigenvalue weighted by Gasteiger charge is 2.19. The second-order valence-electron chi connectivity index (χ2n) is 3.65. The minimum Gasteiger partial charge on any atom is -0.359 e. The van der Waals surface area contributed by atoms with Gasteiger partial charge in [-0.15, -0.1) is 0 Å². The summed E-state index contributed by atoms with van der Waals surface area (Å²) in [6, 6.07) is 1.75. The van der Waals surface area contributed by atoms with Crippen molar-refractivity contribution in [1.29, 1.82) is 0 Å². The van der Waals surface area contributed by atoms with Crippen molar-refractivity contribution in [3.63, 3.8) is 0 Å². The molecular formula is C10H17BrN2O2S. The van der Waals surface area contributed by atoms with Gasteiger partial charge in [0.25, 0.3) is 0 Å². The Hall–Kier alpha value is -0.200. The molecule has 0 radical (unpaired) electrons. The molecule has 1 heterocycles. The van der Waals surface area contributed by atoms with E-state index >= 15 is 0 Å². The molecule has 6 heteroatoms. The third-order valence-corrected chi connectivity index (χ3v) is 4.40. The summed E-state index contributed by atoms with van der Waals surface area (Å²) in [5, 5.41) is 3.90. The zero-order valence-corrected chi connectivity index (χ0v) is 12.1. The number of halogens is 1. The minimum atomic E-state index is -1.04. The minimum absolute atomic E-state index is 0.0476. The van der Waals surface area contributed by atoms with Crippen LogP contribution in [0.4, 0.5) is 0 Å². The lowest BCUT2D eigenvalue weighted by Gasteiger charge is -2.16. The van der Waals surface area contributed by atoms with Gasteiger partial charge in [-0.25, -0.2) is 8.93 Å². The van der Waals surface area contributed by atoms with E-state index in [1.54, 1.807) is 6.07 Å². The predicted molar refractivity (Wildman–Crippen MR) is 68.3 cm³/mol. The van der Waals surface area contributed by atoms with Gasteiger partial charge in [0.05, 0.1) is 17.0 Å². The van der Waals surface area contributed by atoms with E-state index < -0.39 is 11.0 Å². The molecule has 0 aliphatic rings. The zero-order valence-electron chi connectivity index (χ0n) is 9.70. The van der Waals surface area contributed by atoms with Crippen molar-refractivity contribution in [2.75, 3.05) is 0 Å². The molecule has 0 amide bonds. The smallest absolute Gasteiger partial charge is 0.155 e. The van der Waals surface area contributed by atoms with Crippen molar-refractivity contribution in [3.05, 3.63) is 16.4 Å². The number of hydrogen-bond acceptors (Lipinski definition) is 3. The van der Waals surface area contributed by atoms with Crippen LogP contribution in [0, 0.1) is 0 Å². The van der Waals surface area contributed by atoms with E-state index in [-0.39, 0.29) is 11.3 Å². The second-order valence-corrected chi connectivity index (χ2v) is 6.09.